The Hall–Kier alpha value is -2.56. The fourth-order valence-corrected chi connectivity index (χ4v) is 3.47. The van der Waals surface area contributed by atoms with Gasteiger partial charge in [-0.2, -0.15) is 0 Å². The summed E-state index contributed by atoms with van der Waals surface area (Å²) in [5.41, 5.74) is 4.62. The molecule has 2 unspecified atom stereocenters. The summed E-state index contributed by atoms with van der Waals surface area (Å²) < 4.78 is 11.1. The van der Waals surface area contributed by atoms with Gasteiger partial charge in [0.05, 0.1) is 18.0 Å². The zero-order valence-corrected chi connectivity index (χ0v) is 15.0. The number of hydrogen-bond donors (Lipinski definition) is 1. The lowest BCUT2D eigenvalue weighted by Crippen LogP contribution is -2.14. The molecular formula is C21H24N2O3. The molecule has 1 aliphatic heterocycles. The number of carbonyl (C=O) groups is 1. The number of fused-ring (bicyclic) bond motifs is 1. The van der Waals surface area contributed by atoms with E-state index in [4.69, 9.17) is 14.5 Å². The van der Waals surface area contributed by atoms with Crippen molar-refractivity contribution in [3.8, 4) is 5.75 Å². The number of pyridine rings is 1. The quantitative estimate of drug-likeness (QED) is 0.807. The van der Waals surface area contributed by atoms with Gasteiger partial charge in [-0.05, 0) is 49.1 Å². The molecular weight excluding hydrogens is 328 g/mol. The van der Waals surface area contributed by atoms with Crippen molar-refractivity contribution in [3.63, 3.8) is 0 Å². The van der Waals surface area contributed by atoms with Crippen LogP contribution in [0.2, 0.25) is 0 Å². The van der Waals surface area contributed by atoms with Gasteiger partial charge in [-0.1, -0.05) is 12.1 Å². The zero-order chi connectivity index (χ0) is 17.9. The van der Waals surface area contributed by atoms with Crippen LogP contribution in [0.3, 0.4) is 0 Å². The largest absolute Gasteiger partial charge is 0.493 e. The van der Waals surface area contributed by atoms with Gasteiger partial charge >= 0.3 is 5.97 Å². The topological polar surface area (TPSA) is 60.5 Å². The van der Waals surface area contributed by atoms with E-state index in [1.165, 1.54) is 23.9 Å². The van der Waals surface area contributed by atoms with Crippen LogP contribution in [0.25, 0.3) is 0 Å². The van der Waals surface area contributed by atoms with Crippen LogP contribution in [-0.2, 0) is 22.4 Å². The Labute approximate surface area is 153 Å². The molecule has 2 atom stereocenters. The van der Waals surface area contributed by atoms with E-state index in [0.29, 0.717) is 12.5 Å². The van der Waals surface area contributed by atoms with Gasteiger partial charge < -0.3 is 14.8 Å². The molecule has 2 heterocycles. The molecule has 0 radical (unpaired) electrons. The van der Waals surface area contributed by atoms with Crippen molar-refractivity contribution in [2.75, 3.05) is 18.5 Å². The normalized spacial score (nSPS) is 20.7. The molecule has 0 saturated heterocycles. The standard InChI is InChI=1S/C21H24N2O3/c1-14(24)26-21-13-18(21)15-4-7-17(8-5-15)25-12-10-16-6-9-19-20(23-16)3-2-11-22-19/h4-9,18,21-22H,2-3,10-13H2,1H3. The Morgan fingerprint density at radius 3 is 2.88 bits per heavy atom. The maximum atomic E-state index is 11.0. The highest BCUT2D eigenvalue weighted by Gasteiger charge is 2.41. The van der Waals surface area contributed by atoms with Crippen LogP contribution in [0.1, 0.15) is 42.6 Å². The third-order valence-corrected chi connectivity index (χ3v) is 4.92. The summed E-state index contributed by atoms with van der Waals surface area (Å²) in [6, 6.07) is 12.3. The number of ether oxygens (including phenoxy) is 2. The Bertz CT molecular complexity index is 788. The Kier molecular flexibility index (Phi) is 4.78. The molecule has 26 heavy (non-hydrogen) atoms. The summed E-state index contributed by atoms with van der Waals surface area (Å²) in [6.07, 6.45) is 3.95. The van der Waals surface area contributed by atoms with Crippen LogP contribution >= 0.6 is 0 Å². The van der Waals surface area contributed by atoms with Crippen molar-refractivity contribution in [1.29, 1.82) is 0 Å². The number of rotatable bonds is 6. The van der Waals surface area contributed by atoms with Gasteiger partial charge in [-0.25, -0.2) is 0 Å². The fraction of sp³-hybridized carbons (Fsp3) is 0.429. The maximum Gasteiger partial charge on any atom is 0.302 e. The summed E-state index contributed by atoms with van der Waals surface area (Å²) in [4.78, 5) is 15.7. The molecule has 5 nitrogen and oxygen atoms in total. The van der Waals surface area contributed by atoms with Crippen LogP contribution in [0.4, 0.5) is 5.69 Å². The second-order valence-corrected chi connectivity index (χ2v) is 6.98. The van der Waals surface area contributed by atoms with Gasteiger partial charge in [0.1, 0.15) is 11.9 Å². The number of aryl methyl sites for hydroxylation is 1. The van der Waals surface area contributed by atoms with Crippen molar-refractivity contribution >= 4 is 11.7 Å². The van der Waals surface area contributed by atoms with Gasteiger partial charge in [0, 0.05) is 31.5 Å². The van der Waals surface area contributed by atoms with Crippen LogP contribution in [0.15, 0.2) is 36.4 Å². The van der Waals surface area contributed by atoms with E-state index in [-0.39, 0.29) is 12.1 Å². The van der Waals surface area contributed by atoms with Crippen molar-refractivity contribution in [2.24, 2.45) is 0 Å². The predicted molar refractivity (Wildman–Crippen MR) is 99.6 cm³/mol. The number of nitrogens with zero attached hydrogens (tertiary/aromatic N) is 1. The Morgan fingerprint density at radius 2 is 2.08 bits per heavy atom. The summed E-state index contributed by atoms with van der Waals surface area (Å²) in [7, 11) is 0. The molecule has 5 heteroatoms. The zero-order valence-electron chi connectivity index (χ0n) is 15.0. The lowest BCUT2D eigenvalue weighted by molar-refractivity contribution is -0.142. The minimum Gasteiger partial charge on any atom is -0.493 e. The minimum atomic E-state index is -0.205. The van der Waals surface area contributed by atoms with E-state index >= 15 is 0 Å². The number of anilines is 1. The third-order valence-electron chi connectivity index (χ3n) is 4.92. The molecule has 1 saturated carbocycles. The maximum absolute atomic E-state index is 11.0. The monoisotopic (exact) mass is 352 g/mol. The molecule has 4 rings (SSSR count). The molecule has 1 N–H and O–H groups in total. The van der Waals surface area contributed by atoms with Gasteiger partial charge in [0.25, 0.3) is 0 Å². The average Bonchev–Trinajstić information content (AvgIpc) is 3.40. The highest BCUT2D eigenvalue weighted by molar-refractivity contribution is 5.66. The lowest BCUT2D eigenvalue weighted by atomic mass is 10.1. The van der Waals surface area contributed by atoms with E-state index in [2.05, 4.69) is 29.6 Å². The smallest absolute Gasteiger partial charge is 0.302 e. The Morgan fingerprint density at radius 1 is 1.23 bits per heavy atom. The minimum absolute atomic E-state index is 0.0452. The lowest BCUT2D eigenvalue weighted by Gasteiger charge is -2.17. The fourth-order valence-electron chi connectivity index (χ4n) is 3.47. The molecule has 1 aliphatic carbocycles. The first-order chi connectivity index (χ1) is 12.7. The van der Waals surface area contributed by atoms with Crippen molar-refractivity contribution < 1.29 is 14.3 Å². The molecule has 2 aliphatic rings. The van der Waals surface area contributed by atoms with Crippen LogP contribution in [0.5, 0.6) is 5.75 Å². The van der Waals surface area contributed by atoms with E-state index in [9.17, 15) is 4.79 Å². The Balaban J connectivity index is 1.27. The highest BCUT2D eigenvalue weighted by atomic mass is 16.5. The number of hydrogen-bond acceptors (Lipinski definition) is 5. The molecule has 1 aromatic heterocycles. The van der Waals surface area contributed by atoms with E-state index in [0.717, 1.165) is 43.7 Å². The first-order valence-corrected chi connectivity index (χ1v) is 9.32. The molecule has 0 spiro atoms. The molecule has 136 valence electrons. The molecule has 0 amide bonds. The number of carbonyl (C=O) groups excluding carboxylic acids is 1. The average molecular weight is 352 g/mol. The third kappa shape index (κ3) is 3.98. The molecule has 1 fully saturated rings. The summed E-state index contributed by atoms with van der Waals surface area (Å²) in [5.74, 6) is 0.989. The first-order valence-electron chi connectivity index (χ1n) is 9.32. The summed E-state index contributed by atoms with van der Waals surface area (Å²) in [6.45, 7) is 3.11. The van der Waals surface area contributed by atoms with Crippen molar-refractivity contribution in [1.82, 2.24) is 4.98 Å². The first kappa shape index (κ1) is 16.9. The highest BCUT2D eigenvalue weighted by Crippen LogP contribution is 2.43. The second-order valence-electron chi connectivity index (χ2n) is 6.98. The number of nitrogens with one attached hydrogen (secondary N) is 1. The van der Waals surface area contributed by atoms with Crippen LogP contribution in [0, 0.1) is 0 Å². The number of esters is 1. The molecule has 1 aromatic carbocycles. The van der Waals surface area contributed by atoms with Crippen LogP contribution < -0.4 is 10.1 Å². The van der Waals surface area contributed by atoms with Crippen LogP contribution in [-0.4, -0.2) is 30.2 Å². The number of aromatic nitrogens is 1. The van der Waals surface area contributed by atoms with E-state index in [1.54, 1.807) is 0 Å². The molecule has 2 aromatic rings. The van der Waals surface area contributed by atoms with E-state index < -0.39 is 0 Å². The van der Waals surface area contributed by atoms with Crippen molar-refractivity contribution in [3.05, 3.63) is 53.3 Å². The summed E-state index contributed by atoms with van der Waals surface area (Å²) in [5, 5.41) is 3.38. The van der Waals surface area contributed by atoms with Gasteiger partial charge in [0.2, 0.25) is 0 Å². The van der Waals surface area contributed by atoms with Crippen molar-refractivity contribution in [2.45, 2.75) is 44.6 Å². The second kappa shape index (κ2) is 7.36. The van der Waals surface area contributed by atoms with E-state index in [1.807, 2.05) is 12.1 Å². The van der Waals surface area contributed by atoms with Gasteiger partial charge in [-0.3, -0.25) is 9.78 Å². The predicted octanol–water partition coefficient (Wildman–Crippen LogP) is 3.48. The SMILES string of the molecule is CC(=O)OC1CC1c1ccc(OCCc2ccc3c(n2)CCCN3)cc1. The number of benzene rings is 1. The molecule has 0 bridgehead atoms. The van der Waals surface area contributed by atoms with Gasteiger partial charge in [-0.15, -0.1) is 0 Å². The van der Waals surface area contributed by atoms with Gasteiger partial charge in [0.15, 0.2) is 0 Å². The summed E-state index contributed by atoms with van der Waals surface area (Å²) >= 11 is 0.